The zero-order valence-electron chi connectivity index (χ0n) is 8.10. The predicted molar refractivity (Wildman–Crippen MR) is 48.9 cm³/mol. The summed E-state index contributed by atoms with van der Waals surface area (Å²) >= 11 is 0. The summed E-state index contributed by atoms with van der Waals surface area (Å²) < 4.78 is 1.72. The number of carbonyl (C=O) groups is 1. The van der Waals surface area contributed by atoms with Crippen molar-refractivity contribution >= 4 is 5.97 Å². The van der Waals surface area contributed by atoms with E-state index in [4.69, 9.17) is 5.11 Å². The van der Waals surface area contributed by atoms with Gasteiger partial charge in [-0.2, -0.15) is 0 Å². The fraction of sp³-hybridized carbons (Fsp3) is 0.667. The molecule has 1 N–H and O–H groups in total. The lowest BCUT2D eigenvalue weighted by atomic mass is 10.2. The van der Waals surface area contributed by atoms with E-state index in [9.17, 15) is 4.79 Å². The Balaban J connectivity index is 2.32. The van der Waals surface area contributed by atoms with Crippen LogP contribution in [0.15, 0.2) is 6.33 Å². The lowest BCUT2D eigenvalue weighted by Crippen LogP contribution is -2.28. The zero-order valence-corrected chi connectivity index (χ0v) is 8.10. The maximum atomic E-state index is 11.1. The Morgan fingerprint density at radius 2 is 2.43 bits per heavy atom. The molecule has 0 amide bonds. The molecule has 0 aliphatic heterocycles. The van der Waals surface area contributed by atoms with E-state index < -0.39 is 11.5 Å². The SMILES string of the molecule is CCCc1nncn1C1(C(=O)O)CC1. The molecule has 5 nitrogen and oxygen atoms in total. The maximum absolute atomic E-state index is 11.1. The Kier molecular flexibility index (Phi) is 2.02. The first-order chi connectivity index (χ1) is 6.70. The van der Waals surface area contributed by atoms with Crippen molar-refractivity contribution in [3.63, 3.8) is 0 Å². The molecule has 5 heteroatoms. The molecule has 76 valence electrons. The predicted octanol–water partition coefficient (Wildman–Crippen LogP) is 0.804. The van der Waals surface area contributed by atoms with Gasteiger partial charge in [-0.05, 0) is 19.3 Å². The summed E-state index contributed by atoms with van der Waals surface area (Å²) in [5, 5.41) is 16.8. The van der Waals surface area contributed by atoms with Crippen LogP contribution in [-0.2, 0) is 16.8 Å². The highest BCUT2D eigenvalue weighted by atomic mass is 16.4. The van der Waals surface area contributed by atoms with E-state index in [1.807, 2.05) is 6.92 Å². The molecule has 0 unspecified atom stereocenters. The van der Waals surface area contributed by atoms with E-state index >= 15 is 0 Å². The molecule has 0 bridgehead atoms. The van der Waals surface area contributed by atoms with Crippen LogP contribution in [-0.4, -0.2) is 25.8 Å². The normalized spacial score (nSPS) is 18.1. The molecule has 1 heterocycles. The lowest BCUT2D eigenvalue weighted by Gasteiger charge is -2.13. The maximum Gasteiger partial charge on any atom is 0.329 e. The number of nitrogens with zero attached hydrogens (tertiary/aromatic N) is 3. The summed E-state index contributed by atoms with van der Waals surface area (Å²) in [6.07, 6.45) is 4.66. The van der Waals surface area contributed by atoms with Crippen molar-refractivity contribution in [2.24, 2.45) is 0 Å². The van der Waals surface area contributed by atoms with Gasteiger partial charge in [0.05, 0.1) is 0 Å². The topological polar surface area (TPSA) is 68.0 Å². The Bertz CT molecular complexity index is 355. The van der Waals surface area contributed by atoms with Crippen molar-refractivity contribution in [3.05, 3.63) is 12.2 Å². The molecule has 1 fully saturated rings. The van der Waals surface area contributed by atoms with Crippen LogP contribution in [0.25, 0.3) is 0 Å². The summed E-state index contributed by atoms with van der Waals surface area (Å²) in [7, 11) is 0. The van der Waals surface area contributed by atoms with E-state index in [-0.39, 0.29) is 0 Å². The first-order valence-corrected chi connectivity index (χ1v) is 4.83. The second-order valence-corrected chi connectivity index (χ2v) is 3.70. The molecular formula is C9H13N3O2. The number of aliphatic carboxylic acids is 1. The van der Waals surface area contributed by atoms with Crippen molar-refractivity contribution in [1.29, 1.82) is 0 Å². The van der Waals surface area contributed by atoms with E-state index in [0.717, 1.165) is 18.7 Å². The van der Waals surface area contributed by atoms with Gasteiger partial charge in [0.15, 0.2) is 0 Å². The van der Waals surface area contributed by atoms with Crippen LogP contribution in [0, 0.1) is 0 Å². The third-order valence-corrected chi connectivity index (χ3v) is 2.67. The zero-order chi connectivity index (χ0) is 10.2. The number of aryl methyl sites for hydroxylation is 1. The smallest absolute Gasteiger partial charge is 0.329 e. The minimum Gasteiger partial charge on any atom is -0.479 e. The molecule has 0 aromatic carbocycles. The number of hydrogen-bond donors (Lipinski definition) is 1. The molecule has 2 rings (SSSR count). The number of carboxylic acids is 1. The summed E-state index contributed by atoms with van der Waals surface area (Å²) in [6, 6.07) is 0. The summed E-state index contributed by atoms with van der Waals surface area (Å²) in [5.74, 6) is 0.0158. The van der Waals surface area contributed by atoms with Crippen molar-refractivity contribution in [2.75, 3.05) is 0 Å². The van der Waals surface area contributed by atoms with Gasteiger partial charge in [0.2, 0.25) is 0 Å². The molecule has 14 heavy (non-hydrogen) atoms. The fourth-order valence-electron chi connectivity index (χ4n) is 1.69. The average Bonchev–Trinajstić information content (AvgIpc) is 2.83. The molecule has 0 atom stereocenters. The van der Waals surface area contributed by atoms with Gasteiger partial charge in [-0.3, -0.25) is 0 Å². The van der Waals surface area contributed by atoms with Gasteiger partial charge in [0.1, 0.15) is 17.7 Å². The Hall–Kier alpha value is -1.39. The van der Waals surface area contributed by atoms with Gasteiger partial charge in [-0.1, -0.05) is 6.92 Å². The second-order valence-electron chi connectivity index (χ2n) is 3.70. The first kappa shape index (κ1) is 9.18. The fourth-order valence-corrected chi connectivity index (χ4v) is 1.69. The minimum absolute atomic E-state index is 0.692. The van der Waals surface area contributed by atoms with Gasteiger partial charge in [0, 0.05) is 6.42 Å². The van der Waals surface area contributed by atoms with Crippen molar-refractivity contribution in [1.82, 2.24) is 14.8 Å². The number of aromatic nitrogens is 3. The van der Waals surface area contributed by atoms with Crippen molar-refractivity contribution in [3.8, 4) is 0 Å². The summed E-state index contributed by atoms with van der Waals surface area (Å²) in [4.78, 5) is 11.1. The van der Waals surface area contributed by atoms with Crippen LogP contribution in [0.4, 0.5) is 0 Å². The molecule has 0 radical (unpaired) electrons. The molecule has 1 aliphatic rings. The highest BCUT2D eigenvalue weighted by Gasteiger charge is 2.53. The van der Waals surface area contributed by atoms with Crippen molar-refractivity contribution < 1.29 is 9.90 Å². The van der Waals surface area contributed by atoms with E-state index in [0.29, 0.717) is 12.8 Å². The van der Waals surface area contributed by atoms with Gasteiger partial charge in [-0.15, -0.1) is 10.2 Å². The minimum atomic E-state index is -0.769. The quantitative estimate of drug-likeness (QED) is 0.771. The number of hydrogen-bond acceptors (Lipinski definition) is 3. The van der Waals surface area contributed by atoms with Gasteiger partial charge in [-0.25, -0.2) is 4.79 Å². The van der Waals surface area contributed by atoms with Crippen LogP contribution >= 0.6 is 0 Å². The Morgan fingerprint density at radius 3 is 2.93 bits per heavy atom. The van der Waals surface area contributed by atoms with Crippen LogP contribution in [0.5, 0.6) is 0 Å². The molecule has 1 aromatic rings. The van der Waals surface area contributed by atoms with Crippen LogP contribution < -0.4 is 0 Å². The van der Waals surface area contributed by atoms with Gasteiger partial charge in [0.25, 0.3) is 0 Å². The van der Waals surface area contributed by atoms with Crippen LogP contribution in [0.3, 0.4) is 0 Å². The van der Waals surface area contributed by atoms with E-state index in [1.165, 1.54) is 6.33 Å². The summed E-state index contributed by atoms with van der Waals surface area (Å²) in [5.41, 5.74) is -0.728. The molecule has 1 saturated carbocycles. The molecule has 1 aliphatic carbocycles. The second kappa shape index (κ2) is 3.08. The molecule has 0 saturated heterocycles. The third kappa shape index (κ3) is 1.20. The highest BCUT2D eigenvalue weighted by molar-refractivity contribution is 5.80. The standard InChI is InChI=1S/C9H13N3O2/c1-2-3-7-11-10-6-12(7)9(4-5-9)8(13)14/h6H,2-5H2,1H3,(H,13,14). The number of rotatable bonds is 4. The van der Waals surface area contributed by atoms with E-state index in [2.05, 4.69) is 10.2 Å². The highest BCUT2D eigenvalue weighted by Crippen LogP contribution is 2.44. The van der Waals surface area contributed by atoms with Crippen LogP contribution in [0.1, 0.15) is 32.0 Å². The van der Waals surface area contributed by atoms with Gasteiger partial charge >= 0.3 is 5.97 Å². The van der Waals surface area contributed by atoms with Gasteiger partial charge < -0.3 is 9.67 Å². The Labute approximate surface area is 81.8 Å². The average molecular weight is 195 g/mol. The lowest BCUT2D eigenvalue weighted by molar-refractivity contribution is -0.142. The third-order valence-electron chi connectivity index (χ3n) is 2.67. The summed E-state index contributed by atoms with van der Waals surface area (Å²) in [6.45, 7) is 2.04. The van der Waals surface area contributed by atoms with E-state index in [1.54, 1.807) is 4.57 Å². The molecule has 0 spiro atoms. The molecule has 1 aromatic heterocycles. The Morgan fingerprint density at radius 1 is 1.71 bits per heavy atom. The van der Waals surface area contributed by atoms with Crippen LogP contribution in [0.2, 0.25) is 0 Å². The number of carboxylic acid groups (broad SMARTS) is 1. The largest absolute Gasteiger partial charge is 0.479 e. The van der Waals surface area contributed by atoms with Crippen molar-refractivity contribution in [2.45, 2.75) is 38.1 Å². The monoisotopic (exact) mass is 195 g/mol. The first-order valence-electron chi connectivity index (χ1n) is 4.83. The molecular weight excluding hydrogens is 182 g/mol.